The Kier molecular flexibility index (Phi) is 5.51. The van der Waals surface area contributed by atoms with Crippen molar-refractivity contribution in [3.8, 4) is 5.75 Å². The maximum atomic E-state index is 13.4. The van der Waals surface area contributed by atoms with Crippen molar-refractivity contribution in [2.24, 2.45) is 0 Å². The molecule has 0 heterocycles. The third-order valence-corrected chi connectivity index (χ3v) is 3.27. The zero-order valence-corrected chi connectivity index (χ0v) is 12.3. The summed E-state index contributed by atoms with van der Waals surface area (Å²) in [6.07, 6.45) is -0.648. The molecular weight excluding hydrogens is 263 g/mol. The van der Waals surface area contributed by atoms with E-state index in [-0.39, 0.29) is 12.2 Å². The fraction of sp³-hybridized carbons (Fsp3) is 0.533. The number of methoxy groups -OCH3 is 2. The van der Waals surface area contributed by atoms with Gasteiger partial charge >= 0.3 is 5.97 Å². The zero-order valence-electron chi connectivity index (χ0n) is 12.3. The van der Waals surface area contributed by atoms with Gasteiger partial charge in [0.15, 0.2) is 0 Å². The van der Waals surface area contributed by atoms with Gasteiger partial charge in [-0.05, 0) is 30.0 Å². The van der Waals surface area contributed by atoms with Gasteiger partial charge in [-0.1, -0.05) is 13.8 Å². The summed E-state index contributed by atoms with van der Waals surface area (Å²) in [5.74, 6) is -0.280. The largest absolute Gasteiger partial charge is 0.496 e. The van der Waals surface area contributed by atoms with Gasteiger partial charge in [0.25, 0.3) is 0 Å². The minimum atomic E-state index is -0.856. The molecule has 0 spiro atoms. The molecule has 1 N–H and O–H groups in total. The first-order chi connectivity index (χ1) is 9.30. The molecule has 1 atom stereocenters. The van der Waals surface area contributed by atoms with E-state index >= 15 is 0 Å². The minimum Gasteiger partial charge on any atom is -0.496 e. The average Bonchev–Trinajstić information content (AvgIpc) is 2.37. The molecule has 0 amide bonds. The Balaban J connectivity index is 2.92. The van der Waals surface area contributed by atoms with E-state index in [1.165, 1.54) is 26.4 Å². The number of aliphatic hydroxyl groups excluding tert-OH is 1. The molecule has 0 aliphatic carbocycles. The number of hydrogen-bond acceptors (Lipinski definition) is 4. The predicted molar refractivity (Wildman–Crippen MR) is 73.2 cm³/mol. The highest BCUT2D eigenvalue weighted by atomic mass is 19.1. The second-order valence-corrected chi connectivity index (χ2v) is 5.37. The summed E-state index contributed by atoms with van der Waals surface area (Å²) in [7, 11) is 2.79. The number of carbonyl (C=O) groups is 1. The van der Waals surface area contributed by atoms with Crippen LogP contribution in [-0.2, 0) is 14.9 Å². The summed E-state index contributed by atoms with van der Waals surface area (Å²) in [5, 5.41) is 9.95. The van der Waals surface area contributed by atoms with Crippen LogP contribution in [0.25, 0.3) is 0 Å². The molecule has 112 valence electrons. The van der Waals surface area contributed by atoms with Crippen LogP contribution in [0.15, 0.2) is 18.2 Å². The van der Waals surface area contributed by atoms with Gasteiger partial charge in [0, 0.05) is 5.56 Å². The van der Waals surface area contributed by atoms with Crippen molar-refractivity contribution in [1.29, 1.82) is 0 Å². The molecule has 0 saturated carbocycles. The molecule has 4 nitrogen and oxygen atoms in total. The van der Waals surface area contributed by atoms with Crippen LogP contribution >= 0.6 is 0 Å². The Morgan fingerprint density at radius 2 is 2.05 bits per heavy atom. The van der Waals surface area contributed by atoms with Crippen LogP contribution in [0.4, 0.5) is 4.39 Å². The van der Waals surface area contributed by atoms with E-state index < -0.39 is 17.5 Å². The molecule has 5 heteroatoms. The van der Waals surface area contributed by atoms with Crippen LogP contribution in [0.2, 0.25) is 0 Å². The van der Waals surface area contributed by atoms with Gasteiger partial charge < -0.3 is 14.6 Å². The standard InChI is InChI=1S/C15H21FO4/c1-15(2,9-11(17)8-14(18)20-4)12-7-10(16)5-6-13(12)19-3/h5-7,11,17H,8-9H2,1-4H3/t11-/m0/s1. The maximum Gasteiger partial charge on any atom is 0.308 e. The fourth-order valence-electron chi connectivity index (χ4n) is 2.26. The number of hydrogen-bond donors (Lipinski definition) is 1. The minimum absolute atomic E-state index is 0.0858. The van der Waals surface area contributed by atoms with Crippen molar-refractivity contribution in [3.05, 3.63) is 29.6 Å². The average molecular weight is 284 g/mol. The lowest BCUT2D eigenvalue weighted by Gasteiger charge is -2.29. The van der Waals surface area contributed by atoms with Crippen LogP contribution in [0, 0.1) is 5.82 Å². The number of rotatable bonds is 6. The van der Waals surface area contributed by atoms with Crippen molar-refractivity contribution < 1.29 is 23.8 Å². The zero-order chi connectivity index (χ0) is 15.3. The van der Waals surface area contributed by atoms with Crippen molar-refractivity contribution >= 4 is 5.97 Å². The molecule has 0 aromatic heterocycles. The van der Waals surface area contributed by atoms with Crippen molar-refractivity contribution in [2.45, 2.75) is 38.2 Å². The maximum absolute atomic E-state index is 13.4. The van der Waals surface area contributed by atoms with Gasteiger partial charge in [-0.25, -0.2) is 4.39 Å². The van der Waals surface area contributed by atoms with Crippen molar-refractivity contribution in [2.75, 3.05) is 14.2 Å². The van der Waals surface area contributed by atoms with Crippen LogP contribution in [-0.4, -0.2) is 31.4 Å². The third-order valence-electron chi connectivity index (χ3n) is 3.27. The summed E-state index contributed by atoms with van der Waals surface area (Å²) < 4.78 is 23.2. The second-order valence-electron chi connectivity index (χ2n) is 5.37. The molecule has 0 saturated heterocycles. The van der Waals surface area contributed by atoms with E-state index in [2.05, 4.69) is 4.74 Å². The molecule has 0 aliphatic heterocycles. The van der Waals surface area contributed by atoms with E-state index in [0.29, 0.717) is 17.7 Å². The lowest BCUT2D eigenvalue weighted by atomic mass is 9.78. The lowest BCUT2D eigenvalue weighted by molar-refractivity contribution is -0.143. The first-order valence-electron chi connectivity index (χ1n) is 6.39. The van der Waals surface area contributed by atoms with Gasteiger partial charge in [0.1, 0.15) is 11.6 Å². The van der Waals surface area contributed by atoms with Gasteiger partial charge in [-0.3, -0.25) is 4.79 Å². The smallest absolute Gasteiger partial charge is 0.308 e. The molecule has 0 aliphatic rings. The second kappa shape index (κ2) is 6.70. The summed E-state index contributed by atoms with van der Waals surface area (Å²) >= 11 is 0. The Labute approximate surface area is 118 Å². The van der Waals surface area contributed by atoms with Gasteiger partial charge in [-0.15, -0.1) is 0 Å². The van der Waals surface area contributed by atoms with E-state index in [4.69, 9.17) is 4.74 Å². The Morgan fingerprint density at radius 3 is 2.60 bits per heavy atom. The van der Waals surface area contributed by atoms with E-state index in [0.717, 1.165) is 0 Å². The summed E-state index contributed by atoms with van der Waals surface area (Å²) in [4.78, 5) is 11.2. The Hall–Kier alpha value is -1.62. The van der Waals surface area contributed by atoms with Crippen LogP contribution in [0.5, 0.6) is 5.75 Å². The molecule has 0 bridgehead atoms. The number of carbonyl (C=O) groups excluding carboxylic acids is 1. The Morgan fingerprint density at radius 1 is 1.40 bits per heavy atom. The Bertz CT molecular complexity index is 471. The fourth-order valence-corrected chi connectivity index (χ4v) is 2.26. The SMILES string of the molecule is COC(=O)C[C@H](O)CC(C)(C)c1cc(F)ccc1OC. The monoisotopic (exact) mass is 284 g/mol. The molecule has 0 unspecified atom stereocenters. The highest BCUT2D eigenvalue weighted by Gasteiger charge is 2.29. The first-order valence-corrected chi connectivity index (χ1v) is 6.39. The highest BCUT2D eigenvalue weighted by molar-refractivity contribution is 5.69. The van der Waals surface area contributed by atoms with Gasteiger partial charge in [0.05, 0.1) is 26.7 Å². The topological polar surface area (TPSA) is 55.8 Å². The lowest BCUT2D eigenvalue weighted by Crippen LogP contribution is -2.27. The third kappa shape index (κ3) is 4.20. The van der Waals surface area contributed by atoms with Crippen LogP contribution in [0.3, 0.4) is 0 Å². The molecule has 0 radical (unpaired) electrons. The van der Waals surface area contributed by atoms with E-state index in [9.17, 15) is 14.3 Å². The highest BCUT2D eigenvalue weighted by Crippen LogP contribution is 2.36. The van der Waals surface area contributed by atoms with Crippen molar-refractivity contribution in [1.82, 2.24) is 0 Å². The predicted octanol–water partition coefficient (Wildman–Crippen LogP) is 2.43. The van der Waals surface area contributed by atoms with Gasteiger partial charge in [-0.2, -0.15) is 0 Å². The van der Waals surface area contributed by atoms with E-state index in [1.807, 2.05) is 13.8 Å². The van der Waals surface area contributed by atoms with Crippen LogP contribution < -0.4 is 4.74 Å². The number of aliphatic hydroxyl groups is 1. The molecule has 20 heavy (non-hydrogen) atoms. The number of ether oxygens (including phenoxy) is 2. The normalized spacial score (nSPS) is 12.9. The summed E-state index contributed by atoms with van der Waals surface area (Å²) in [6, 6.07) is 4.27. The summed E-state index contributed by atoms with van der Waals surface area (Å²) in [6.45, 7) is 3.73. The summed E-state index contributed by atoms with van der Waals surface area (Å²) in [5.41, 5.74) is 0.116. The molecule has 1 rings (SSSR count). The number of benzene rings is 1. The molecule has 1 aromatic rings. The van der Waals surface area contributed by atoms with Crippen LogP contribution in [0.1, 0.15) is 32.3 Å². The number of esters is 1. The number of halogens is 1. The quantitative estimate of drug-likeness (QED) is 0.815. The first kappa shape index (κ1) is 16.4. The molecule has 0 fully saturated rings. The van der Waals surface area contributed by atoms with E-state index in [1.54, 1.807) is 6.07 Å². The van der Waals surface area contributed by atoms with Crippen molar-refractivity contribution in [3.63, 3.8) is 0 Å². The molecule has 1 aromatic carbocycles. The molecular formula is C15H21FO4. The van der Waals surface area contributed by atoms with Gasteiger partial charge in [0.2, 0.25) is 0 Å².